The van der Waals surface area contributed by atoms with Gasteiger partial charge in [0.25, 0.3) is 0 Å². The van der Waals surface area contributed by atoms with E-state index in [9.17, 15) is 0 Å². The summed E-state index contributed by atoms with van der Waals surface area (Å²) in [6.45, 7) is 0.242. The summed E-state index contributed by atoms with van der Waals surface area (Å²) in [4.78, 5) is 0. The average Bonchev–Trinajstić information content (AvgIpc) is 2.72. The van der Waals surface area contributed by atoms with Crippen molar-refractivity contribution >= 4 is 11.6 Å². The predicted molar refractivity (Wildman–Crippen MR) is 61.5 cm³/mol. The minimum Gasteiger partial charge on any atom is -0.484 e. The molecule has 1 aromatic carbocycles. The molecule has 17 heavy (non-hydrogen) atoms. The molecule has 6 heteroatoms. The van der Waals surface area contributed by atoms with Crippen LogP contribution in [0.15, 0.2) is 24.5 Å². The summed E-state index contributed by atoms with van der Waals surface area (Å²) in [5.41, 5.74) is 0.330. The first-order valence-electron chi connectivity index (χ1n) is 4.86. The highest BCUT2D eigenvalue weighted by Gasteiger charge is 2.09. The van der Waals surface area contributed by atoms with Crippen LogP contribution >= 0.6 is 11.6 Å². The first-order chi connectivity index (χ1) is 8.22. The Morgan fingerprint density at radius 3 is 3.00 bits per heavy atom. The van der Waals surface area contributed by atoms with Crippen molar-refractivity contribution in [2.75, 3.05) is 0 Å². The van der Waals surface area contributed by atoms with Crippen LogP contribution in [0.3, 0.4) is 0 Å². The van der Waals surface area contributed by atoms with E-state index < -0.39 is 0 Å². The van der Waals surface area contributed by atoms with E-state index in [1.54, 1.807) is 29.1 Å². The van der Waals surface area contributed by atoms with Gasteiger partial charge in [-0.05, 0) is 12.1 Å². The van der Waals surface area contributed by atoms with Gasteiger partial charge in [0.05, 0.1) is 5.02 Å². The lowest BCUT2D eigenvalue weighted by Gasteiger charge is -2.07. The Kier molecular flexibility index (Phi) is 3.26. The number of hydrogen-bond acceptors (Lipinski definition) is 4. The highest BCUT2D eigenvalue weighted by molar-refractivity contribution is 6.31. The van der Waals surface area contributed by atoms with Crippen molar-refractivity contribution in [3.63, 3.8) is 0 Å². The third-order valence-electron chi connectivity index (χ3n) is 2.25. The molecule has 1 heterocycles. The van der Waals surface area contributed by atoms with Crippen molar-refractivity contribution in [3.8, 4) is 11.8 Å². The second-order valence-electron chi connectivity index (χ2n) is 3.37. The van der Waals surface area contributed by atoms with Crippen LogP contribution in [0, 0.1) is 11.3 Å². The summed E-state index contributed by atoms with van der Waals surface area (Å²) in [5.74, 6) is 1.12. The summed E-state index contributed by atoms with van der Waals surface area (Å²) in [5, 5.41) is 17.0. The molecular formula is C11H9ClN4O. The van der Waals surface area contributed by atoms with Crippen molar-refractivity contribution in [2.45, 2.75) is 6.61 Å². The van der Waals surface area contributed by atoms with Gasteiger partial charge in [-0.1, -0.05) is 17.7 Å². The van der Waals surface area contributed by atoms with Crippen LogP contribution in [0.2, 0.25) is 5.02 Å². The molecule has 0 aliphatic rings. The zero-order chi connectivity index (χ0) is 12.3. The van der Waals surface area contributed by atoms with Crippen molar-refractivity contribution < 1.29 is 4.74 Å². The van der Waals surface area contributed by atoms with E-state index in [1.807, 2.05) is 13.1 Å². The average molecular weight is 249 g/mol. The standard InChI is InChI=1S/C11H9ClN4O/c1-16-7-14-15-11(16)6-17-10-4-2-3-9(12)8(10)5-13/h2-4,7H,6H2,1H3. The van der Waals surface area contributed by atoms with Crippen LogP contribution in [0.4, 0.5) is 0 Å². The molecule has 86 valence electrons. The molecule has 0 saturated heterocycles. The van der Waals surface area contributed by atoms with Crippen LogP contribution in [-0.4, -0.2) is 14.8 Å². The summed E-state index contributed by atoms with van der Waals surface area (Å²) in [6.07, 6.45) is 1.59. The molecule has 5 nitrogen and oxygen atoms in total. The summed E-state index contributed by atoms with van der Waals surface area (Å²) in [7, 11) is 1.82. The fourth-order valence-corrected chi connectivity index (χ4v) is 1.52. The molecule has 2 rings (SSSR count). The maximum Gasteiger partial charge on any atom is 0.170 e. The Morgan fingerprint density at radius 2 is 2.35 bits per heavy atom. The molecule has 0 aliphatic heterocycles. The first kappa shape index (κ1) is 11.4. The zero-order valence-corrected chi connectivity index (χ0v) is 9.85. The normalized spacial score (nSPS) is 9.94. The zero-order valence-electron chi connectivity index (χ0n) is 9.09. The van der Waals surface area contributed by atoms with Crippen molar-refractivity contribution in [3.05, 3.63) is 40.9 Å². The number of benzene rings is 1. The van der Waals surface area contributed by atoms with Gasteiger partial charge in [-0.25, -0.2) is 0 Å². The van der Waals surface area contributed by atoms with Gasteiger partial charge >= 0.3 is 0 Å². The number of halogens is 1. The quantitative estimate of drug-likeness (QED) is 0.832. The molecule has 0 radical (unpaired) electrons. The molecule has 2 aromatic rings. The molecule has 0 bridgehead atoms. The van der Waals surface area contributed by atoms with Gasteiger partial charge in [-0.15, -0.1) is 10.2 Å². The van der Waals surface area contributed by atoms with E-state index in [1.165, 1.54) is 0 Å². The van der Waals surface area contributed by atoms with E-state index >= 15 is 0 Å². The maximum absolute atomic E-state index is 8.96. The molecule has 0 atom stereocenters. The van der Waals surface area contributed by atoms with Crippen LogP contribution in [0.25, 0.3) is 0 Å². The Hall–Kier alpha value is -2.06. The highest BCUT2D eigenvalue weighted by Crippen LogP contribution is 2.25. The SMILES string of the molecule is Cn1cnnc1COc1cccc(Cl)c1C#N. The first-order valence-corrected chi connectivity index (χ1v) is 5.24. The van der Waals surface area contributed by atoms with Crippen molar-refractivity contribution in [2.24, 2.45) is 7.05 Å². The molecule has 0 amide bonds. The summed E-state index contributed by atoms with van der Waals surface area (Å²) < 4.78 is 7.25. The number of hydrogen-bond donors (Lipinski definition) is 0. The van der Waals surface area contributed by atoms with Gasteiger partial charge in [0, 0.05) is 7.05 Å². The van der Waals surface area contributed by atoms with Gasteiger partial charge < -0.3 is 9.30 Å². The summed E-state index contributed by atoms with van der Waals surface area (Å²) in [6, 6.07) is 7.08. The molecule has 0 aliphatic carbocycles. The van der Waals surface area contributed by atoms with Crippen LogP contribution < -0.4 is 4.74 Å². The third kappa shape index (κ3) is 2.37. The molecule has 0 spiro atoms. The monoisotopic (exact) mass is 248 g/mol. The third-order valence-corrected chi connectivity index (χ3v) is 2.56. The lowest BCUT2D eigenvalue weighted by molar-refractivity contribution is 0.290. The molecule has 0 fully saturated rings. The van der Waals surface area contributed by atoms with Gasteiger partial charge in [-0.3, -0.25) is 0 Å². The number of aromatic nitrogens is 3. The van der Waals surface area contributed by atoms with E-state index in [0.29, 0.717) is 22.2 Å². The van der Waals surface area contributed by atoms with Crippen molar-refractivity contribution in [1.82, 2.24) is 14.8 Å². The molecule has 0 unspecified atom stereocenters. The van der Waals surface area contributed by atoms with Gasteiger partial charge in [0.1, 0.15) is 30.3 Å². The lowest BCUT2D eigenvalue weighted by Crippen LogP contribution is -2.04. The Labute approximate surface area is 103 Å². The number of ether oxygens (including phenoxy) is 1. The highest BCUT2D eigenvalue weighted by atomic mass is 35.5. The van der Waals surface area contributed by atoms with E-state index in [-0.39, 0.29) is 6.61 Å². The van der Waals surface area contributed by atoms with Gasteiger partial charge in [-0.2, -0.15) is 5.26 Å². The van der Waals surface area contributed by atoms with Crippen LogP contribution in [0.5, 0.6) is 5.75 Å². The minimum atomic E-state index is 0.242. The fourth-order valence-electron chi connectivity index (χ4n) is 1.31. The number of nitrogens with zero attached hydrogens (tertiary/aromatic N) is 4. The second-order valence-corrected chi connectivity index (χ2v) is 3.78. The Balaban J connectivity index is 2.18. The number of aryl methyl sites for hydroxylation is 1. The minimum absolute atomic E-state index is 0.242. The topological polar surface area (TPSA) is 63.7 Å². The maximum atomic E-state index is 8.96. The van der Waals surface area contributed by atoms with E-state index in [2.05, 4.69) is 10.2 Å². The molecule has 0 saturated carbocycles. The largest absolute Gasteiger partial charge is 0.484 e. The molecular weight excluding hydrogens is 240 g/mol. The number of nitriles is 1. The summed E-state index contributed by atoms with van der Waals surface area (Å²) >= 11 is 5.89. The molecule has 1 aromatic heterocycles. The van der Waals surface area contributed by atoms with Gasteiger partial charge in [0.2, 0.25) is 0 Å². The van der Waals surface area contributed by atoms with E-state index in [4.69, 9.17) is 21.6 Å². The number of rotatable bonds is 3. The smallest absolute Gasteiger partial charge is 0.170 e. The Bertz CT molecular complexity index is 573. The predicted octanol–water partition coefficient (Wildman–Crippen LogP) is 1.92. The Morgan fingerprint density at radius 1 is 1.53 bits per heavy atom. The second kappa shape index (κ2) is 4.85. The van der Waals surface area contributed by atoms with E-state index in [0.717, 1.165) is 0 Å². The van der Waals surface area contributed by atoms with Gasteiger partial charge in [0.15, 0.2) is 5.82 Å². The molecule has 0 N–H and O–H groups in total. The van der Waals surface area contributed by atoms with Crippen LogP contribution in [0.1, 0.15) is 11.4 Å². The fraction of sp³-hybridized carbons (Fsp3) is 0.182. The van der Waals surface area contributed by atoms with Crippen molar-refractivity contribution in [1.29, 1.82) is 5.26 Å². The lowest BCUT2D eigenvalue weighted by atomic mass is 10.2. The van der Waals surface area contributed by atoms with Crippen LogP contribution in [-0.2, 0) is 13.7 Å².